The fraction of sp³-hybridized carbons (Fsp3) is 0.345. The van der Waals surface area contributed by atoms with E-state index in [0.29, 0.717) is 29.1 Å². The minimum Gasteiger partial charge on any atom is -0.768 e. The Hall–Kier alpha value is -3.14. The Balaban J connectivity index is 1.58. The van der Waals surface area contributed by atoms with Crippen LogP contribution < -0.4 is 5.73 Å². The number of carboxylic acid groups (broad SMARTS) is 1. The molecule has 0 radical (unpaired) electrons. The molecule has 3 aromatic rings. The minimum absolute atomic E-state index is 0.0245. The Morgan fingerprint density at radius 3 is 2.50 bits per heavy atom. The largest absolute Gasteiger partial charge is 0.768 e. The molecule has 1 unspecified atom stereocenters. The van der Waals surface area contributed by atoms with Crippen molar-refractivity contribution in [3.8, 4) is 0 Å². The van der Waals surface area contributed by atoms with Crippen molar-refractivity contribution in [1.82, 2.24) is 4.98 Å². The predicted octanol–water partition coefficient (Wildman–Crippen LogP) is 6.22. The fourth-order valence-electron chi connectivity index (χ4n) is 5.03. The van der Waals surface area contributed by atoms with Crippen molar-refractivity contribution < 1.29 is 18.7 Å². The number of aliphatic imine (C=N–C) groups is 1. The molecule has 2 fully saturated rings. The normalized spacial score (nSPS) is 17.9. The van der Waals surface area contributed by atoms with Gasteiger partial charge in [0.05, 0.1) is 0 Å². The maximum Gasteiger partial charge on any atom is 0.355 e. The molecule has 198 valence electrons. The molecule has 9 heteroatoms. The number of hydrogen-bond donors (Lipinski definition) is 2. The zero-order valence-electron chi connectivity index (χ0n) is 21.0. The van der Waals surface area contributed by atoms with E-state index in [1.165, 1.54) is 48.0 Å². The highest BCUT2D eigenvalue weighted by molar-refractivity contribution is 7.79. The zero-order chi connectivity index (χ0) is 26.6. The molecule has 0 spiro atoms. The average molecular weight is 549 g/mol. The van der Waals surface area contributed by atoms with Crippen molar-refractivity contribution in [1.29, 1.82) is 0 Å². The van der Waals surface area contributed by atoms with Crippen LogP contribution in [-0.4, -0.2) is 30.5 Å². The summed E-state index contributed by atoms with van der Waals surface area (Å²) in [5.74, 6) is -0.0251. The van der Waals surface area contributed by atoms with Gasteiger partial charge in [-0.1, -0.05) is 43.2 Å². The molecule has 5 rings (SSSR count). The fourth-order valence-corrected chi connectivity index (χ4v) is 6.07. The number of thiazole rings is 1. The second kappa shape index (κ2) is 11.7. The van der Waals surface area contributed by atoms with Crippen LogP contribution >= 0.6 is 11.3 Å². The third-order valence-electron chi connectivity index (χ3n) is 7.32. The quantitative estimate of drug-likeness (QED) is 0.228. The van der Waals surface area contributed by atoms with Gasteiger partial charge < -0.3 is 15.4 Å². The molecule has 38 heavy (non-hydrogen) atoms. The highest BCUT2D eigenvalue weighted by atomic mass is 32.2. The van der Waals surface area contributed by atoms with Gasteiger partial charge in [-0.2, -0.15) is 0 Å². The topological polar surface area (TPSA) is 129 Å². The van der Waals surface area contributed by atoms with Gasteiger partial charge in [0.2, 0.25) is 5.13 Å². The van der Waals surface area contributed by atoms with Crippen molar-refractivity contribution in [3.63, 3.8) is 0 Å². The van der Waals surface area contributed by atoms with Gasteiger partial charge in [-0.25, -0.2) is 14.8 Å². The SMILES string of the molecule is N/C(=C(Cc1ccc(S(=O)[O-])cc1)\C(CC1CC1)=N\c1nc(C(=O)O)cs1)c1cccc(C2CCCC2)c1. The number of nitrogens with two attached hydrogens (primary N) is 1. The van der Waals surface area contributed by atoms with Crippen LogP contribution in [0.15, 0.2) is 69.4 Å². The van der Waals surface area contributed by atoms with Gasteiger partial charge in [0.1, 0.15) is 0 Å². The number of rotatable bonds is 10. The average Bonchev–Trinajstić information content (AvgIpc) is 3.35. The summed E-state index contributed by atoms with van der Waals surface area (Å²) in [5.41, 5.74) is 12.4. The number of hydrogen-bond acceptors (Lipinski definition) is 7. The summed E-state index contributed by atoms with van der Waals surface area (Å²) in [6.45, 7) is 0. The first-order chi connectivity index (χ1) is 18.4. The van der Waals surface area contributed by atoms with E-state index in [-0.39, 0.29) is 10.6 Å². The van der Waals surface area contributed by atoms with Crippen LogP contribution in [0.2, 0.25) is 0 Å². The molecule has 2 aliphatic rings. The van der Waals surface area contributed by atoms with E-state index in [1.807, 2.05) is 6.07 Å². The number of benzene rings is 2. The molecular formula is C29H30N3O4S2-. The number of carboxylic acids is 1. The summed E-state index contributed by atoms with van der Waals surface area (Å²) in [7, 11) is 0. The van der Waals surface area contributed by atoms with Gasteiger partial charge >= 0.3 is 5.97 Å². The lowest BCUT2D eigenvalue weighted by Gasteiger charge is -2.17. The first-order valence-electron chi connectivity index (χ1n) is 12.9. The van der Waals surface area contributed by atoms with Gasteiger partial charge in [-0.15, -0.1) is 11.3 Å². The molecule has 7 nitrogen and oxygen atoms in total. The van der Waals surface area contributed by atoms with Crippen LogP contribution in [0.25, 0.3) is 5.70 Å². The number of aromatic nitrogens is 1. The van der Waals surface area contributed by atoms with Gasteiger partial charge in [-0.3, -0.25) is 4.21 Å². The molecule has 2 saturated carbocycles. The van der Waals surface area contributed by atoms with E-state index in [2.05, 4.69) is 23.2 Å². The van der Waals surface area contributed by atoms with Gasteiger partial charge in [0.25, 0.3) is 0 Å². The molecule has 1 aromatic heterocycles. The standard InChI is InChI=1S/C29H31N3O4S2/c30-27(22-7-3-6-21(16-22)20-4-1-2-5-20)24(14-18-10-12-23(13-11-18)38(35)36)25(15-19-8-9-19)31-29-32-26(17-37-29)28(33)34/h3,6-7,10-13,16-17,19-20H,1-2,4-5,8-9,14-15,30H2,(H,33,34)(H,35,36)/p-1/b27-24-,31-25+. The summed E-state index contributed by atoms with van der Waals surface area (Å²) >= 11 is -1.10. The van der Waals surface area contributed by atoms with E-state index in [9.17, 15) is 18.7 Å². The van der Waals surface area contributed by atoms with Crippen molar-refractivity contribution in [2.24, 2.45) is 16.6 Å². The third-order valence-corrected chi connectivity index (χ3v) is 8.71. The summed E-state index contributed by atoms with van der Waals surface area (Å²) < 4.78 is 22.7. The number of allylic oxidation sites excluding steroid dienone is 1. The van der Waals surface area contributed by atoms with Gasteiger partial charge in [0, 0.05) is 33.7 Å². The molecule has 0 bridgehead atoms. The summed E-state index contributed by atoms with van der Waals surface area (Å²) in [6.07, 6.45) is 8.31. The van der Waals surface area contributed by atoms with E-state index in [0.717, 1.165) is 41.7 Å². The maximum atomic E-state index is 11.4. The van der Waals surface area contributed by atoms with E-state index < -0.39 is 17.0 Å². The molecule has 2 aromatic carbocycles. The monoisotopic (exact) mass is 548 g/mol. The smallest absolute Gasteiger partial charge is 0.355 e. The Morgan fingerprint density at radius 1 is 1.13 bits per heavy atom. The first kappa shape index (κ1) is 26.5. The van der Waals surface area contributed by atoms with Crippen molar-refractivity contribution >= 4 is 44.9 Å². The number of carbonyl (C=O) groups is 1. The summed E-state index contributed by atoms with van der Waals surface area (Å²) in [4.78, 5) is 20.7. The van der Waals surface area contributed by atoms with Crippen LogP contribution in [-0.2, 0) is 17.5 Å². The second-order valence-electron chi connectivity index (χ2n) is 10.1. The van der Waals surface area contributed by atoms with Crippen molar-refractivity contribution in [3.05, 3.63) is 81.9 Å². The van der Waals surface area contributed by atoms with Crippen LogP contribution in [0.1, 0.15) is 78.0 Å². The first-order valence-corrected chi connectivity index (χ1v) is 14.9. The maximum absolute atomic E-state index is 11.4. The molecule has 0 aliphatic heterocycles. The van der Waals surface area contributed by atoms with E-state index in [1.54, 1.807) is 24.3 Å². The number of aromatic carboxylic acids is 1. The molecule has 1 heterocycles. The molecule has 0 saturated heterocycles. The lowest BCUT2D eigenvalue weighted by Crippen LogP contribution is -2.14. The molecule has 1 atom stereocenters. The Morgan fingerprint density at radius 2 is 1.87 bits per heavy atom. The van der Waals surface area contributed by atoms with E-state index in [4.69, 9.17) is 10.7 Å². The molecule has 0 amide bonds. The second-order valence-corrected chi connectivity index (χ2v) is 11.9. The Kier molecular flexibility index (Phi) is 8.16. The minimum atomic E-state index is -2.29. The zero-order valence-corrected chi connectivity index (χ0v) is 22.6. The molecule has 3 N–H and O–H groups in total. The predicted molar refractivity (Wildman–Crippen MR) is 150 cm³/mol. The van der Waals surface area contributed by atoms with Gasteiger partial charge in [-0.05, 0) is 89.9 Å². The van der Waals surface area contributed by atoms with Crippen molar-refractivity contribution in [2.45, 2.75) is 62.2 Å². The summed E-state index contributed by atoms with van der Waals surface area (Å²) in [6, 6.07) is 15.2. The summed E-state index contributed by atoms with van der Waals surface area (Å²) in [5, 5.41) is 11.2. The third kappa shape index (κ3) is 6.46. The molecule has 2 aliphatic carbocycles. The van der Waals surface area contributed by atoms with Crippen LogP contribution in [0.5, 0.6) is 0 Å². The van der Waals surface area contributed by atoms with Crippen molar-refractivity contribution in [2.75, 3.05) is 0 Å². The highest BCUT2D eigenvalue weighted by Gasteiger charge is 2.27. The van der Waals surface area contributed by atoms with E-state index >= 15 is 0 Å². The lowest BCUT2D eigenvalue weighted by molar-refractivity contribution is 0.0691. The lowest BCUT2D eigenvalue weighted by atomic mass is 9.91. The Labute approximate surface area is 228 Å². The number of nitrogens with zero attached hydrogens (tertiary/aromatic N) is 2. The van der Waals surface area contributed by atoms with Crippen LogP contribution in [0.4, 0.5) is 5.13 Å². The molecular weight excluding hydrogens is 518 g/mol. The Bertz CT molecular complexity index is 1400. The van der Waals surface area contributed by atoms with Crippen LogP contribution in [0.3, 0.4) is 0 Å². The van der Waals surface area contributed by atoms with Gasteiger partial charge in [0.15, 0.2) is 5.69 Å². The highest BCUT2D eigenvalue weighted by Crippen LogP contribution is 2.38. The van der Waals surface area contributed by atoms with Crippen LogP contribution in [0, 0.1) is 5.92 Å².